The second-order valence-electron chi connectivity index (χ2n) is 10.4. The quantitative estimate of drug-likeness (QED) is 0.300. The first-order valence-electron chi connectivity index (χ1n) is 13.3. The van der Waals surface area contributed by atoms with Crippen molar-refractivity contribution in [2.75, 3.05) is 18.5 Å². The van der Waals surface area contributed by atoms with Crippen LogP contribution < -0.4 is 16.0 Å². The van der Waals surface area contributed by atoms with Gasteiger partial charge in [0.1, 0.15) is 11.6 Å². The molecule has 0 aromatic heterocycles. The second-order valence-corrected chi connectivity index (χ2v) is 10.4. The minimum Gasteiger partial charge on any atom is -0.465 e. The molecule has 1 aliphatic heterocycles. The number of hydrogen-bond acceptors (Lipinski definition) is 5. The fourth-order valence-electron chi connectivity index (χ4n) is 4.54. The minimum atomic E-state index is -1.47. The zero-order valence-corrected chi connectivity index (χ0v) is 23.1. The van der Waals surface area contributed by atoms with Gasteiger partial charge < -0.3 is 30.7 Å². The summed E-state index contributed by atoms with van der Waals surface area (Å²) in [6.45, 7) is 3.70. The molecule has 0 bridgehead atoms. The molecule has 1 heterocycles. The van der Waals surface area contributed by atoms with Crippen LogP contribution in [0.25, 0.3) is 0 Å². The lowest BCUT2D eigenvalue weighted by atomic mass is 9.98. The lowest BCUT2D eigenvalue weighted by Crippen LogP contribution is -2.60. The Kier molecular flexibility index (Phi) is 9.36. The molecule has 4 N–H and O–H groups in total. The SMILES string of the molecule is CC(C)(NC(=O)O)C(=O)NC(COCc1ccccc1)C(=O)N1CCc2ccc(NC(=O)c3ccccc3)cc2C1. The van der Waals surface area contributed by atoms with E-state index in [2.05, 4.69) is 16.0 Å². The number of carboxylic acid groups (broad SMARTS) is 1. The first kappa shape index (κ1) is 29.3. The summed E-state index contributed by atoms with van der Waals surface area (Å²) in [5.41, 5.74) is 2.55. The molecule has 3 aromatic carbocycles. The Morgan fingerprint density at radius 1 is 0.951 bits per heavy atom. The normalized spacial score (nSPS) is 13.5. The molecular weight excluding hydrogens is 524 g/mol. The highest BCUT2D eigenvalue weighted by molar-refractivity contribution is 6.04. The van der Waals surface area contributed by atoms with Crippen molar-refractivity contribution in [2.24, 2.45) is 0 Å². The van der Waals surface area contributed by atoms with Gasteiger partial charge in [0.15, 0.2) is 0 Å². The van der Waals surface area contributed by atoms with Gasteiger partial charge in [-0.15, -0.1) is 0 Å². The molecule has 3 aromatic rings. The molecule has 10 heteroatoms. The van der Waals surface area contributed by atoms with E-state index in [1.807, 2.05) is 54.6 Å². The first-order chi connectivity index (χ1) is 19.6. The standard InChI is InChI=1S/C31H34N4O6/c1-31(2,34-30(39)40)29(38)33-26(20-41-19-21-9-5-3-6-10-21)28(37)35-16-15-22-13-14-25(17-24(22)18-35)32-27(36)23-11-7-4-8-12-23/h3-14,17,26,34H,15-16,18-20H2,1-2H3,(H,32,36)(H,33,38)(H,39,40). The third kappa shape index (κ3) is 7.92. The van der Waals surface area contributed by atoms with Gasteiger partial charge in [-0.1, -0.05) is 54.6 Å². The maximum absolute atomic E-state index is 13.7. The van der Waals surface area contributed by atoms with E-state index in [1.165, 1.54) is 13.8 Å². The molecule has 4 rings (SSSR count). The number of fused-ring (bicyclic) bond motifs is 1. The summed E-state index contributed by atoms with van der Waals surface area (Å²) in [7, 11) is 0. The molecule has 4 amide bonds. The number of carbonyl (C=O) groups excluding carboxylic acids is 3. The van der Waals surface area contributed by atoms with Crippen LogP contribution in [0.5, 0.6) is 0 Å². The smallest absolute Gasteiger partial charge is 0.405 e. The maximum Gasteiger partial charge on any atom is 0.405 e. The van der Waals surface area contributed by atoms with E-state index in [4.69, 9.17) is 9.84 Å². The minimum absolute atomic E-state index is 0.0981. The Morgan fingerprint density at radius 3 is 2.32 bits per heavy atom. The lowest BCUT2D eigenvalue weighted by molar-refractivity contribution is -0.140. The molecule has 0 radical (unpaired) electrons. The van der Waals surface area contributed by atoms with Crippen molar-refractivity contribution >= 4 is 29.5 Å². The van der Waals surface area contributed by atoms with Crippen molar-refractivity contribution < 1.29 is 29.0 Å². The van der Waals surface area contributed by atoms with Crippen LogP contribution in [0.2, 0.25) is 0 Å². The van der Waals surface area contributed by atoms with Crippen LogP contribution in [-0.2, 0) is 33.9 Å². The first-order valence-corrected chi connectivity index (χ1v) is 13.3. The summed E-state index contributed by atoms with van der Waals surface area (Å²) in [5, 5.41) is 16.9. The van der Waals surface area contributed by atoms with Crippen molar-refractivity contribution in [1.82, 2.24) is 15.5 Å². The monoisotopic (exact) mass is 558 g/mol. The van der Waals surface area contributed by atoms with E-state index >= 15 is 0 Å². The molecule has 0 spiro atoms. The maximum atomic E-state index is 13.7. The van der Waals surface area contributed by atoms with Crippen LogP contribution in [-0.4, -0.2) is 58.6 Å². The van der Waals surface area contributed by atoms with Crippen molar-refractivity contribution in [1.29, 1.82) is 0 Å². The van der Waals surface area contributed by atoms with Gasteiger partial charge in [0.05, 0.1) is 13.2 Å². The molecule has 10 nitrogen and oxygen atoms in total. The molecule has 0 saturated heterocycles. The highest BCUT2D eigenvalue weighted by atomic mass is 16.5. The van der Waals surface area contributed by atoms with Gasteiger partial charge in [0, 0.05) is 24.3 Å². The fraction of sp³-hybridized carbons (Fsp3) is 0.290. The third-order valence-corrected chi connectivity index (χ3v) is 6.81. The van der Waals surface area contributed by atoms with Crippen LogP contribution in [0, 0.1) is 0 Å². The molecule has 0 saturated carbocycles. The fourth-order valence-corrected chi connectivity index (χ4v) is 4.54. The van der Waals surface area contributed by atoms with E-state index in [9.17, 15) is 19.2 Å². The predicted molar refractivity (Wildman–Crippen MR) is 153 cm³/mol. The van der Waals surface area contributed by atoms with Crippen LogP contribution in [0.1, 0.15) is 40.9 Å². The Hall–Kier alpha value is -4.70. The highest BCUT2D eigenvalue weighted by Gasteiger charge is 2.35. The van der Waals surface area contributed by atoms with Gasteiger partial charge in [0.25, 0.3) is 5.91 Å². The number of hydrogen-bond donors (Lipinski definition) is 4. The van der Waals surface area contributed by atoms with Gasteiger partial charge in [-0.25, -0.2) is 4.79 Å². The number of anilines is 1. The summed E-state index contributed by atoms with van der Waals surface area (Å²) in [4.78, 5) is 52.2. The Balaban J connectivity index is 1.47. The lowest BCUT2D eigenvalue weighted by Gasteiger charge is -2.33. The summed E-state index contributed by atoms with van der Waals surface area (Å²) in [6.07, 6.45) is -0.748. The van der Waals surface area contributed by atoms with Gasteiger partial charge in [0.2, 0.25) is 11.8 Å². The second kappa shape index (κ2) is 13.1. The van der Waals surface area contributed by atoms with Gasteiger partial charge in [-0.05, 0) is 61.2 Å². The van der Waals surface area contributed by atoms with Gasteiger partial charge >= 0.3 is 6.09 Å². The highest BCUT2D eigenvalue weighted by Crippen LogP contribution is 2.24. The zero-order chi connectivity index (χ0) is 29.4. The number of nitrogens with zero attached hydrogens (tertiary/aromatic N) is 1. The van der Waals surface area contributed by atoms with Crippen LogP contribution in [0.3, 0.4) is 0 Å². The Bertz CT molecular complexity index is 1390. The summed E-state index contributed by atoms with van der Waals surface area (Å²) in [5.74, 6) is -1.22. The summed E-state index contributed by atoms with van der Waals surface area (Å²) in [6, 6.07) is 22.9. The number of benzene rings is 3. The Morgan fingerprint density at radius 2 is 1.63 bits per heavy atom. The molecule has 214 valence electrons. The van der Waals surface area contributed by atoms with Crippen molar-refractivity contribution in [3.8, 4) is 0 Å². The number of nitrogens with one attached hydrogen (secondary N) is 3. The predicted octanol–water partition coefficient (Wildman–Crippen LogP) is 3.57. The number of amides is 4. The van der Waals surface area contributed by atoms with E-state index in [1.54, 1.807) is 29.2 Å². The van der Waals surface area contributed by atoms with E-state index < -0.39 is 23.6 Å². The van der Waals surface area contributed by atoms with Crippen molar-refractivity contribution in [3.63, 3.8) is 0 Å². The molecule has 0 fully saturated rings. The summed E-state index contributed by atoms with van der Waals surface area (Å²) >= 11 is 0. The van der Waals surface area contributed by atoms with Gasteiger partial charge in [-0.3, -0.25) is 14.4 Å². The van der Waals surface area contributed by atoms with E-state index in [-0.39, 0.29) is 31.6 Å². The van der Waals surface area contributed by atoms with Crippen LogP contribution in [0.4, 0.5) is 10.5 Å². The molecule has 1 unspecified atom stereocenters. The topological polar surface area (TPSA) is 137 Å². The average molecular weight is 559 g/mol. The third-order valence-electron chi connectivity index (χ3n) is 6.81. The Labute approximate surface area is 238 Å². The number of carbonyl (C=O) groups is 4. The van der Waals surface area contributed by atoms with Crippen molar-refractivity contribution in [2.45, 2.75) is 45.0 Å². The molecule has 1 aliphatic rings. The zero-order valence-electron chi connectivity index (χ0n) is 23.1. The van der Waals surface area contributed by atoms with Crippen LogP contribution >= 0.6 is 0 Å². The molecular formula is C31H34N4O6. The molecule has 1 atom stereocenters. The number of rotatable bonds is 10. The van der Waals surface area contributed by atoms with Crippen LogP contribution in [0.15, 0.2) is 78.9 Å². The molecule has 41 heavy (non-hydrogen) atoms. The summed E-state index contributed by atoms with van der Waals surface area (Å²) < 4.78 is 5.82. The van der Waals surface area contributed by atoms with E-state index in [0.717, 1.165) is 16.7 Å². The average Bonchev–Trinajstić information content (AvgIpc) is 2.96. The largest absolute Gasteiger partial charge is 0.465 e. The van der Waals surface area contributed by atoms with Crippen molar-refractivity contribution in [3.05, 3.63) is 101 Å². The number of ether oxygens (including phenoxy) is 1. The molecule has 0 aliphatic carbocycles. The van der Waals surface area contributed by atoms with E-state index in [0.29, 0.717) is 24.2 Å². The van der Waals surface area contributed by atoms with Gasteiger partial charge in [-0.2, -0.15) is 0 Å².